The van der Waals surface area contributed by atoms with Crippen LogP contribution in [0.1, 0.15) is 60.9 Å². The molecule has 2 N–H and O–H groups in total. The number of carbonyl (C=O) groups excluding carboxylic acids is 2. The van der Waals surface area contributed by atoms with Gasteiger partial charge in [0.2, 0.25) is 5.91 Å². The minimum absolute atomic E-state index is 0.123. The van der Waals surface area contributed by atoms with Crippen molar-refractivity contribution in [2.45, 2.75) is 57.5 Å². The highest BCUT2D eigenvalue weighted by atomic mass is 35.5. The number of hydrogen-bond acceptors (Lipinski definition) is 3. The molecule has 2 fully saturated rings. The number of amides is 2. The first-order valence-electron chi connectivity index (χ1n) is 11.9. The summed E-state index contributed by atoms with van der Waals surface area (Å²) < 4.78 is 0. The van der Waals surface area contributed by atoms with Crippen LogP contribution in [0.15, 0.2) is 42.5 Å². The minimum atomic E-state index is -0.249. The predicted octanol–water partition coefficient (Wildman–Crippen LogP) is 5.91. The number of carbonyl (C=O) groups is 2. The SMILES string of the molecule is O=C(Nc1cccc(CN2CCC(C(=O)NC3CCCCC3)CC2)c1)c1cc(Cl)cc(Cl)c1. The molecule has 1 saturated heterocycles. The lowest BCUT2D eigenvalue weighted by molar-refractivity contribution is -0.127. The van der Waals surface area contributed by atoms with Gasteiger partial charge in [-0.25, -0.2) is 0 Å². The van der Waals surface area contributed by atoms with Gasteiger partial charge in [0.05, 0.1) is 0 Å². The summed E-state index contributed by atoms with van der Waals surface area (Å²) in [6.45, 7) is 2.60. The van der Waals surface area contributed by atoms with Crippen LogP contribution < -0.4 is 10.6 Å². The highest BCUT2D eigenvalue weighted by Gasteiger charge is 2.27. The van der Waals surface area contributed by atoms with Gasteiger partial charge in [-0.1, -0.05) is 54.6 Å². The number of nitrogens with one attached hydrogen (secondary N) is 2. The summed E-state index contributed by atoms with van der Waals surface area (Å²) in [5, 5.41) is 7.06. The van der Waals surface area contributed by atoms with Crippen LogP contribution in [0.25, 0.3) is 0 Å². The summed E-state index contributed by atoms with van der Waals surface area (Å²) in [6.07, 6.45) is 7.80. The molecule has 7 heteroatoms. The Balaban J connectivity index is 1.27. The molecule has 2 aromatic rings. The number of hydrogen-bond donors (Lipinski definition) is 2. The molecule has 1 heterocycles. The van der Waals surface area contributed by atoms with E-state index in [2.05, 4.69) is 21.6 Å². The van der Waals surface area contributed by atoms with Crippen molar-refractivity contribution in [3.05, 3.63) is 63.6 Å². The van der Waals surface area contributed by atoms with Crippen LogP contribution in [-0.4, -0.2) is 35.8 Å². The smallest absolute Gasteiger partial charge is 0.255 e. The predicted molar refractivity (Wildman–Crippen MR) is 134 cm³/mol. The topological polar surface area (TPSA) is 61.4 Å². The number of likely N-dealkylation sites (tertiary alicyclic amines) is 1. The molecule has 0 bridgehead atoms. The van der Waals surface area contributed by atoms with Gasteiger partial charge in [-0.05, 0) is 74.7 Å². The van der Waals surface area contributed by atoms with E-state index in [9.17, 15) is 9.59 Å². The van der Waals surface area contributed by atoms with Crippen molar-refractivity contribution >= 4 is 40.7 Å². The third kappa shape index (κ3) is 6.95. The molecule has 1 aliphatic heterocycles. The molecule has 2 amide bonds. The van der Waals surface area contributed by atoms with Crippen molar-refractivity contribution in [3.63, 3.8) is 0 Å². The first-order chi connectivity index (χ1) is 16.0. The van der Waals surface area contributed by atoms with Crippen molar-refractivity contribution in [1.29, 1.82) is 0 Å². The lowest BCUT2D eigenvalue weighted by atomic mass is 9.92. The number of rotatable bonds is 6. The van der Waals surface area contributed by atoms with Crippen LogP contribution in [0.3, 0.4) is 0 Å². The highest BCUT2D eigenvalue weighted by Crippen LogP contribution is 2.24. The normalized spacial score (nSPS) is 18.1. The average molecular weight is 488 g/mol. The third-order valence-electron chi connectivity index (χ3n) is 6.63. The average Bonchev–Trinajstić information content (AvgIpc) is 2.80. The van der Waals surface area contributed by atoms with Gasteiger partial charge < -0.3 is 10.6 Å². The number of piperidine rings is 1. The molecule has 4 rings (SSSR count). The Bertz CT molecular complexity index is 963. The van der Waals surface area contributed by atoms with Gasteiger partial charge in [0.1, 0.15) is 0 Å². The Morgan fingerprint density at radius 1 is 0.909 bits per heavy atom. The van der Waals surface area contributed by atoms with Crippen molar-refractivity contribution in [2.75, 3.05) is 18.4 Å². The second kappa shape index (κ2) is 11.4. The molecular formula is C26H31Cl2N3O2. The summed E-state index contributed by atoms with van der Waals surface area (Å²) in [5.41, 5.74) is 2.28. The fourth-order valence-corrected chi connectivity index (χ4v) is 5.34. The summed E-state index contributed by atoms with van der Waals surface area (Å²) >= 11 is 12.0. The number of benzene rings is 2. The highest BCUT2D eigenvalue weighted by molar-refractivity contribution is 6.35. The summed E-state index contributed by atoms with van der Waals surface area (Å²) in [5.74, 6) is 0.118. The van der Waals surface area contributed by atoms with E-state index >= 15 is 0 Å². The van der Waals surface area contributed by atoms with Crippen molar-refractivity contribution < 1.29 is 9.59 Å². The molecule has 0 unspecified atom stereocenters. The van der Waals surface area contributed by atoms with Crippen LogP contribution in [-0.2, 0) is 11.3 Å². The molecule has 1 saturated carbocycles. The van der Waals surface area contributed by atoms with E-state index in [-0.39, 0.29) is 17.7 Å². The minimum Gasteiger partial charge on any atom is -0.353 e. The maximum atomic E-state index is 12.7. The zero-order chi connectivity index (χ0) is 23.2. The number of anilines is 1. The Morgan fingerprint density at radius 3 is 2.30 bits per heavy atom. The van der Waals surface area contributed by atoms with Crippen molar-refractivity contribution in [2.24, 2.45) is 5.92 Å². The fourth-order valence-electron chi connectivity index (χ4n) is 4.81. The van der Waals surface area contributed by atoms with Gasteiger partial charge in [-0.15, -0.1) is 0 Å². The van der Waals surface area contributed by atoms with Gasteiger partial charge in [0.25, 0.3) is 5.91 Å². The second-order valence-corrected chi connectivity index (χ2v) is 10.1. The largest absolute Gasteiger partial charge is 0.353 e. The summed E-state index contributed by atoms with van der Waals surface area (Å²) in [4.78, 5) is 27.6. The number of halogens is 2. The van der Waals surface area contributed by atoms with Gasteiger partial charge in [-0.3, -0.25) is 14.5 Å². The van der Waals surface area contributed by atoms with E-state index in [1.807, 2.05) is 18.2 Å². The van der Waals surface area contributed by atoms with Crippen molar-refractivity contribution in [3.8, 4) is 0 Å². The molecule has 2 aliphatic rings. The monoisotopic (exact) mass is 487 g/mol. The Labute approximate surface area is 205 Å². The van der Waals surface area contributed by atoms with Gasteiger partial charge in [-0.2, -0.15) is 0 Å². The quantitative estimate of drug-likeness (QED) is 0.532. The molecular weight excluding hydrogens is 457 g/mol. The zero-order valence-corrected chi connectivity index (χ0v) is 20.3. The molecule has 0 radical (unpaired) electrons. The molecule has 5 nitrogen and oxygen atoms in total. The van der Waals surface area contributed by atoms with E-state index < -0.39 is 0 Å². The number of nitrogens with zero attached hydrogens (tertiary/aromatic N) is 1. The Kier molecular flexibility index (Phi) is 8.29. The standard InChI is InChI=1S/C26H31Cl2N3O2/c27-21-14-20(15-22(28)16-21)26(33)30-24-8-4-5-18(13-24)17-31-11-9-19(10-12-31)25(32)29-23-6-2-1-3-7-23/h4-5,8,13-16,19,23H,1-3,6-7,9-12,17H2,(H,29,32)(H,30,33). The molecule has 1 aliphatic carbocycles. The van der Waals surface area contributed by atoms with Gasteiger partial charge >= 0.3 is 0 Å². The maximum Gasteiger partial charge on any atom is 0.255 e. The molecule has 0 spiro atoms. The zero-order valence-electron chi connectivity index (χ0n) is 18.8. The lowest BCUT2D eigenvalue weighted by Crippen LogP contribution is -2.44. The van der Waals surface area contributed by atoms with Crippen LogP contribution in [0.4, 0.5) is 5.69 Å². The van der Waals surface area contributed by atoms with Crippen LogP contribution in [0.2, 0.25) is 10.0 Å². The molecule has 0 aromatic heterocycles. The van der Waals surface area contributed by atoms with Crippen LogP contribution >= 0.6 is 23.2 Å². The van der Waals surface area contributed by atoms with E-state index in [0.717, 1.165) is 56.6 Å². The molecule has 2 aromatic carbocycles. The molecule has 0 atom stereocenters. The Morgan fingerprint density at radius 2 is 1.61 bits per heavy atom. The summed E-state index contributed by atoms with van der Waals surface area (Å²) in [6, 6.07) is 13.0. The van der Waals surface area contributed by atoms with Crippen LogP contribution in [0.5, 0.6) is 0 Å². The van der Waals surface area contributed by atoms with Crippen molar-refractivity contribution in [1.82, 2.24) is 10.2 Å². The van der Waals surface area contributed by atoms with Gasteiger partial charge in [0.15, 0.2) is 0 Å². The Hall–Kier alpha value is -2.08. The maximum absolute atomic E-state index is 12.7. The molecule has 33 heavy (non-hydrogen) atoms. The third-order valence-corrected chi connectivity index (χ3v) is 7.06. The lowest BCUT2D eigenvalue weighted by Gasteiger charge is -2.32. The van der Waals surface area contributed by atoms with E-state index in [1.165, 1.54) is 19.3 Å². The second-order valence-electron chi connectivity index (χ2n) is 9.21. The first-order valence-corrected chi connectivity index (χ1v) is 12.6. The van der Waals surface area contributed by atoms with E-state index in [0.29, 0.717) is 21.7 Å². The van der Waals surface area contributed by atoms with Gasteiger partial charge in [0, 0.05) is 39.8 Å². The van der Waals surface area contributed by atoms with Crippen LogP contribution in [0, 0.1) is 5.92 Å². The molecule has 176 valence electrons. The van der Waals surface area contributed by atoms with E-state index in [4.69, 9.17) is 23.2 Å². The summed E-state index contributed by atoms with van der Waals surface area (Å²) in [7, 11) is 0. The first kappa shape index (κ1) is 24.1. The fraction of sp³-hybridized carbons (Fsp3) is 0.462. The van der Waals surface area contributed by atoms with E-state index in [1.54, 1.807) is 18.2 Å².